The second kappa shape index (κ2) is 9.19. The third-order valence-electron chi connectivity index (χ3n) is 5.44. The van der Waals surface area contributed by atoms with Crippen LogP contribution in [0.15, 0.2) is 24.3 Å². The first kappa shape index (κ1) is 20.3. The Bertz CT molecular complexity index is 822. The van der Waals surface area contributed by atoms with E-state index in [4.69, 9.17) is 9.72 Å². The number of rotatable bonds is 7. The van der Waals surface area contributed by atoms with Crippen molar-refractivity contribution in [1.29, 1.82) is 0 Å². The fourth-order valence-corrected chi connectivity index (χ4v) is 3.69. The third kappa shape index (κ3) is 4.35. The van der Waals surface area contributed by atoms with Crippen molar-refractivity contribution >= 4 is 22.8 Å². The molecule has 7 nitrogen and oxygen atoms in total. The Labute approximate surface area is 166 Å². The molecule has 7 heteroatoms. The molecule has 3 rings (SSSR count). The second-order valence-electron chi connectivity index (χ2n) is 7.28. The highest BCUT2D eigenvalue weighted by atomic mass is 16.5. The van der Waals surface area contributed by atoms with E-state index in [9.17, 15) is 9.59 Å². The molecule has 0 aliphatic carbocycles. The quantitative estimate of drug-likeness (QED) is 0.793. The summed E-state index contributed by atoms with van der Waals surface area (Å²) in [6, 6.07) is 7.49. The molecule has 1 aromatic carbocycles. The summed E-state index contributed by atoms with van der Waals surface area (Å²) >= 11 is 0. The zero-order valence-electron chi connectivity index (χ0n) is 17.0. The maximum atomic E-state index is 12.8. The number of nitrogens with zero attached hydrogens (tertiary/aromatic N) is 3. The van der Waals surface area contributed by atoms with Crippen molar-refractivity contribution in [3.05, 3.63) is 30.1 Å². The fourth-order valence-electron chi connectivity index (χ4n) is 3.69. The van der Waals surface area contributed by atoms with Crippen molar-refractivity contribution in [2.24, 2.45) is 5.92 Å². The van der Waals surface area contributed by atoms with E-state index in [0.717, 1.165) is 23.9 Å². The highest BCUT2D eigenvalue weighted by Gasteiger charge is 2.24. The zero-order chi connectivity index (χ0) is 20.1. The van der Waals surface area contributed by atoms with Gasteiger partial charge >= 0.3 is 0 Å². The van der Waals surface area contributed by atoms with Crippen molar-refractivity contribution in [3.8, 4) is 0 Å². The van der Waals surface area contributed by atoms with Crippen molar-refractivity contribution < 1.29 is 14.3 Å². The summed E-state index contributed by atoms with van der Waals surface area (Å²) in [6.07, 6.45) is 1.61. The lowest BCUT2D eigenvalue weighted by atomic mass is 10.0. The minimum atomic E-state index is -0.280. The molecule has 1 aliphatic rings. The number of benzene rings is 1. The normalized spacial score (nSPS) is 15.8. The molecule has 1 fully saturated rings. The van der Waals surface area contributed by atoms with Gasteiger partial charge in [-0.3, -0.25) is 9.59 Å². The number of fused-ring (bicyclic) bond motifs is 1. The molecule has 0 spiro atoms. The van der Waals surface area contributed by atoms with Gasteiger partial charge in [-0.25, -0.2) is 4.98 Å². The predicted molar refractivity (Wildman–Crippen MR) is 108 cm³/mol. The smallest absolute Gasteiger partial charge is 0.242 e. The van der Waals surface area contributed by atoms with Gasteiger partial charge in [-0.05, 0) is 31.9 Å². The van der Waals surface area contributed by atoms with Gasteiger partial charge in [-0.15, -0.1) is 0 Å². The fraction of sp³-hybridized carbons (Fsp3) is 0.571. The maximum absolute atomic E-state index is 12.8. The standard InChI is InChI=1S/C21H30N4O3/c1-4-16(5-2)21(27)22-15(3)20-23-17-8-6-7-9-18(17)25(20)14-19(26)24-10-12-28-13-11-24/h6-9,15-16H,4-5,10-14H2,1-3H3,(H,22,27). The monoisotopic (exact) mass is 386 g/mol. The highest BCUT2D eigenvalue weighted by molar-refractivity contribution is 5.82. The van der Waals surface area contributed by atoms with Crippen LogP contribution >= 0.6 is 0 Å². The molecule has 152 valence electrons. The average Bonchev–Trinajstić information content (AvgIpc) is 3.08. The van der Waals surface area contributed by atoms with Crippen LogP contribution in [0.2, 0.25) is 0 Å². The molecular weight excluding hydrogens is 356 g/mol. The SMILES string of the molecule is CCC(CC)C(=O)NC(C)c1nc2ccccc2n1CC(=O)N1CCOCC1. The van der Waals surface area contributed by atoms with Crippen molar-refractivity contribution in [1.82, 2.24) is 19.8 Å². The van der Waals surface area contributed by atoms with Crippen LogP contribution in [0.25, 0.3) is 11.0 Å². The summed E-state index contributed by atoms with van der Waals surface area (Å²) in [7, 11) is 0. The Morgan fingerprint density at radius 1 is 1.18 bits per heavy atom. The van der Waals surface area contributed by atoms with Gasteiger partial charge in [0.1, 0.15) is 12.4 Å². The number of hydrogen-bond donors (Lipinski definition) is 1. The van der Waals surface area contributed by atoms with Gasteiger partial charge in [0.2, 0.25) is 11.8 Å². The Morgan fingerprint density at radius 2 is 1.86 bits per heavy atom. The molecule has 0 saturated carbocycles. The summed E-state index contributed by atoms with van der Waals surface area (Å²) < 4.78 is 7.28. The topological polar surface area (TPSA) is 76.5 Å². The van der Waals surface area contributed by atoms with Crippen LogP contribution in [0, 0.1) is 5.92 Å². The van der Waals surface area contributed by atoms with Crippen molar-refractivity contribution in [2.45, 2.75) is 46.2 Å². The first-order valence-corrected chi connectivity index (χ1v) is 10.2. The molecule has 1 aliphatic heterocycles. The summed E-state index contributed by atoms with van der Waals surface area (Å²) in [5, 5.41) is 3.09. The Kier molecular flexibility index (Phi) is 6.67. The highest BCUT2D eigenvalue weighted by Crippen LogP contribution is 2.22. The number of carbonyl (C=O) groups excluding carboxylic acids is 2. The molecule has 1 aromatic heterocycles. The number of ether oxygens (including phenoxy) is 1. The maximum Gasteiger partial charge on any atom is 0.242 e. The van der Waals surface area contributed by atoms with Crippen molar-refractivity contribution in [3.63, 3.8) is 0 Å². The molecule has 28 heavy (non-hydrogen) atoms. The van der Waals surface area contributed by atoms with Gasteiger partial charge < -0.3 is 19.5 Å². The molecular formula is C21H30N4O3. The summed E-state index contributed by atoms with van der Waals surface area (Å²) in [4.78, 5) is 31.9. The lowest BCUT2D eigenvalue weighted by Crippen LogP contribution is -2.42. The minimum Gasteiger partial charge on any atom is -0.378 e. The first-order valence-electron chi connectivity index (χ1n) is 10.2. The van der Waals surface area contributed by atoms with E-state index in [-0.39, 0.29) is 30.3 Å². The van der Waals surface area contributed by atoms with Crippen molar-refractivity contribution in [2.75, 3.05) is 26.3 Å². The van der Waals surface area contributed by atoms with Crippen LogP contribution in [-0.2, 0) is 20.9 Å². The molecule has 2 aromatic rings. The second-order valence-corrected chi connectivity index (χ2v) is 7.28. The Balaban J connectivity index is 1.86. The van der Waals surface area contributed by atoms with Crippen LogP contribution in [0.5, 0.6) is 0 Å². The average molecular weight is 386 g/mol. The largest absolute Gasteiger partial charge is 0.378 e. The lowest BCUT2D eigenvalue weighted by Gasteiger charge is -2.27. The van der Waals surface area contributed by atoms with Crippen LogP contribution in [-0.4, -0.2) is 52.6 Å². The molecule has 1 N–H and O–H groups in total. The number of hydrogen-bond acceptors (Lipinski definition) is 4. The van der Waals surface area contributed by atoms with Crippen LogP contribution < -0.4 is 5.32 Å². The summed E-state index contributed by atoms with van der Waals surface area (Å²) in [5.41, 5.74) is 1.73. The Hall–Kier alpha value is -2.41. The number of nitrogens with one attached hydrogen (secondary N) is 1. The molecule has 1 unspecified atom stereocenters. The molecule has 2 heterocycles. The number of aromatic nitrogens is 2. The van der Waals surface area contributed by atoms with E-state index in [1.165, 1.54) is 0 Å². The van der Waals surface area contributed by atoms with E-state index in [2.05, 4.69) is 5.32 Å². The van der Waals surface area contributed by atoms with E-state index in [1.807, 2.05) is 54.5 Å². The van der Waals surface area contributed by atoms with E-state index in [0.29, 0.717) is 32.1 Å². The van der Waals surface area contributed by atoms with E-state index < -0.39 is 0 Å². The van der Waals surface area contributed by atoms with Gasteiger partial charge in [0, 0.05) is 19.0 Å². The summed E-state index contributed by atoms with van der Waals surface area (Å²) in [6.45, 7) is 8.56. The summed E-state index contributed by atoms with van der Waals surface area (Å²) in [5.74, 6) is 0.791. The molecule has 0 radical (unpaired) electrons. The van der Waals surface area contributed by atoms with E-state index >= 15 is 0 Å². The molecule has 1 atom stereocenters. The van der Waals surface area contributed by atoms with Crippen LogP contribution in [0.1, 0.15) is 45.5 Å². The molecule has 0 bridgehead atoms. The number of morpholine rings is 1. The zero-order valence-corrected chi connectivity index (χ0v) is 17.0. The minimum absolute atomic E-state index is 0.00439. The number of carbonyl (C=O) groups is 2. The van der Waals surface area contributed by atoms with Crippen LogP contribution in [0.3, 0.4) is 0 Å². The number of para-hydroxylation sites is 2. The van der Waals surface area contributed by atoms with Gasteiger partial charge in [0.15, 0.2) is 0 Å². The Morgan fingerprint density at radius 3 is 2.54 bits per heavy atom. The van der Waals surface area contributed by atoms with Gasteiger partial charge in [0.25, 0.3) is 0 Å². The van der Waals surface area contributed by atoms with Gasteiger partial charge in [-0.1, -0.05) is 26.0 Å². The van der Waals surface area contributed by atoms with E-state index in [1.54, 1.807) is 0 Å². The van der Waals surface area contributed by atoms with Gasteiger partial charge in [0.05, 0.1) is 30.3 Å². The molecule has 1 saturated heterocycles. The molecule has 2 amide bonds. The first-order chi connectivity index (χ1) is 13.5. The van der Waals surface area contributed by atoms with Gasteiger partial charge in [-0.2, -0.15) is 0 Å². The predicted octanol–water partition coefficient (Wildman–Crippen LogP) is 2.51. The number of imidazole rings is 1. The lowest BCUT2D eigenvalue weighted by molar-refractivity contribution is -0.135. The number of amides is 2. The van der Waals surface area contributed by atoms with Crippen LogP contribution in [0.4, 0.5) is 0 Å². The third-order valence-corrected chi connectivity index (χ3v) is 5.44.